The van der Waals surface area contributed by atoms with Gasteiger partial charge in [-0.05, 0) is 13.3 Å². The molecule has 11 heavy (non-hydrogen) atoms. The molecule has 0 saturated carbocycles. The van der Waals surface area contributed by atoms with E-state index in [1.54, 1.807) is 0 Å². The number of nitrogens with zero attached hydrogens (tertiary/aromatic N) is 1. The third kappa shape index (κ3) is 1.71. The fourth-order valence-corrected chi connectivity index (χ4v) is 1.29. The van der Waals surface area contributed by atoms with Crippen LogP contribution in [0.1, 0.15) is 20.3 Å². The van der Waals surface area contributed by atoms with E-state index in [9.17, 15) is 4.79 Å². The van der Waals surface area contributed by atoms with Crippen LogP contribution in [0.4, 0.5) is 0 Å². The Morgan fingerprint density at radius 2 is 2.27 bits per heavy atom. The van der Waals surface area contributed by atoms with Crippen molar-refractivity contribution >= 4 is 5.97 Å². The Kier molecular flexibility index (Phi) is 2.49. The van der Waals surface area contributed by atoms with Crippen molar-refractivity contribution < 1.29 is 9.90 Å². The van der Waals surface area contributed by atoms with Crippen molar-refractivity contribution in [2.45, 2.75) is 26.3 Å². The normalized spacial score (nSPS) is 22.7. The lowest BCUT2D eigenvalue weighted by atomic mass is 9.97. The maximum absolute atomic E-state index is 10.4. The molecule has 1 aliphatic rings. The van der Waals surface area contributed by atoms with Crippen molar-refractivity contribution in [1.82, 2.24) is 4.90 Å². The molecule has 1 fully saturated rings. The van der Waals surface area contributed by atoms with Gasteiger partial charge in [-0.15, -0.1) is 0 Å². The van der Waals surface area contributed by atoms with Crippen molar-refractivity contribution in [2.75, 3.05) is 13.1 Å². The molecule has 1 saturated heterocycles. The molecule has 0 aromatic heterocycles. The Hall–Kier alpha value is -0.570. The first-order valence-corrected chi connectivity index (χ1v) is 4.12. The second kappa shape index (κ2) is 3.22. The maximum atomic E-state index is 10.4. The van der Waals surface area contributed by atoms with Gasteiger partial charge in [0.05, 0.1) is 5.92 Å². The summed E-state index contributed by atoms with van der Waals surface area (Å²) in [6.07, 6.45) is 1.10. The molecule has 3 nitrogen and oxygen atoms in total. The predicted molar refractivity (Wildman–Crippen MR) is 42.5 cm³/mol. The van der Waals surface area contributed by atoms with Gasteiger partial charge in [-0.3, -0.25) is 9.69 Å². The maximum Gasteiger partial charge on any atom is 0.309 e. The van der Waals surface area contributed by atoms with Crippen LogP contribution in [0.2, 0.25) is 0 Å². The molecular formula is C8H15NO2. The number of rotatable bonds is 3. The fourth-order valence-electron chi connectivity index (χ4n) is 1.29. The van der Waals surface area contributed by atoms with Crippen molar-refractivity contribution in [3.8, 4) is 0 Å². The average molecular weight is 157 g/mol. The SMILES string of the molecule is CCC(C)N1CC(C(=O)O)C1. The number of carboxylic acids is 1. The van der Waals surface area contributed by atoms with Crippen LogP contribution in [-0.4, -0.2) is 35.1 Å². The van der Waals surface area contributed by atoms with E-state index < -0.39 is 5.97 Å². The zero-order valence-electron chi connectivity index (χ0n) is 7.08. The van der Waals surface area contributed by atoms with Crippen LogP contribution in [0.5, 0.6) is 0 Å². The molecule has 0 aromatic rings. The van der Waals surface area contributed by atoms with Gasteiger partial charge >= 0.3 is 5.97 Å². The zero-order valence-corrected chi connectivity index (χ0v) is 7.08. The van der Waals surface area contributed by atoms with Gasteiger partial charge in [0.2, 0.25) is 0 Å². The molecule has 1 aliphatic heterocycles. The molecule has 0 aromatic carbocycles. The van der Waals surface area contributed by atoms with Gasteiger partial charge in [-0.2, -0.15) is 0 Å². The summed E-state index contributed by atoms with van der Waals surface area (Å²) < 4.78 is 0. The molecule has 0 aliphatic carbocycles. The van der Waals surface area contributed by atoms with Gasteiger partial charge in [0, 0.05) is 19.1 Å². The van der Waals surface area contributed by atoms with Crippen LogP contribution in [0.25, 0.3) is 0 Å². The second-order valence-electron chi connectivity index (χ2n) is 3.25. The van der Waals surface area contributed by atoms with E-state index in [0.29, 0.717) is 6.04 Å². The lowest BCUT2D eigenvalue weighted by Crippen LogP contribution is -2.53. The lowest BCUT2D eigenvalue weighted by molar-refractivity contribution is -0.148. The van der Waals surface area contributed by atoms with E-state index in [2.05, 4.69) is 18.7 Å². The fraction of sp³-hybridized carbons (Fsp3) is 0.875. The third-order valence-corrected chi connectivity index (χ3v) is 2.47. The van der Waals surface area contributed by atoms with Gasteiger partial charge in [-0.25, -0.2) is 0 Å². The molecular weight excluding hydrogens is 142 g/mol. The topological polar surface area (TPSA) is 40.5 Å². The van der Waals surface area contributed by atoms with Gasteiger partial charge < -0.3 is 5.11 Å². The molecule has 64 valence electrons. The lowest BCUT2D eigenvalue weighted by Gasteiger charge is -2.40. The van der Waals surface area contributed by atoms with E-state index in [1.807, 2.05) is 0 Å². The standard InChI is InChI=1S/C8H15NO2/c1-3-6(2)9-4-7(5-9)8(10)11/h6-7H,3-5H2,1-2H3,(H,10,11). The predicted octanol–water partition coefficient (Wildman–Crippen LogP) is 0.801. The average Bonchev–Trinajstić information content (AvgIpc) is 1.83. The summed E-state index contributed by atoms with van der Waals surface area (Å²) in [5, 5.41) is 8.58. The van der Waals surface area contributed by atoms with Gasteiger partial charge in [0.15, 0.2) is 0 Å². The van der Waals surface area contributed by atoms with Crippen LogP contribution < -0.4 is 0 Å². The molecule has 1 atom stereocenters. The van der Waals surface area contributed by atoms with E-state index >= 15 is 0 Å². The number of hydrogen-bond acceptors (Lipinski definition) is 2. The molecule has 1 unspecified atom stereocenters. The summed E-state index contributed by atoms with van der Waals surface area (Å²) in [5.74, 6) is -0.756. The molecule has 1 heterocycles. The smallest absolute Gasteiger partial charge is 0.309 e. The van der Waals surface area contributed by atoms with E-state index in [-0.39, 0.29) is 5.92 Å². The highest BCUT2D eigenvalue weighted by atomic mass is 16.4. The van der Waals surface area contributed by atoms with Crippen molar-refractivity contribution in [1.29, 1.82) is 0 Å². The van der Waals surface area contributed by atoms with Crippen LogP contribution >= 0.6 is 0 Å². The van der Waals surface area contributed by atoms with Gasteiger partial charge in [0.25, 0.3) is 0 Å². The molecule has 0 spiro atoms. The summed E-state index contributed by atoms with van der Waals surface area (Å²) in [6, 6.07) is 0.547. The summed E-state index contributed by atoms with van der Waals surface area (Å²) in [7, 11) is 0. The Bertz CT molecular complexity index is 152. The molecule has 1 rings (SSSR count). The molecule has 1 N–H and O–H groups in total. The number of carbonyl (C=O) groups is 1. The Morgan fingerprint density at radius 3 is 2.64 bits per heavy atom. The summed E-state index contributed by atoms with van der Waals surface area (Å²) >= 11 is 0. The molecule has 3 heteroatoms. The monoisotopic (exact) mass is 157 g/mol. The first kappa shape index (κ1) is 8.53. The van der Waals surface area contributed by atoms with E-state index in [1.165, 1.54) is 0 Å². The minimum absolute atomic E-state index is 0.107. The number of likely N-dealkylation sites (tertiary alicyclic amines) is 1. The number of hydrogen-bond donors (Lipinski definition) is 1. The van der Waals surface area contributed by atoms with Crippen LogP contribution in [0.3, 0.4) is 0 Å². The Morgan fingerprint density at radius 1 is 1.73 bits per heavy atom. The third-order valence-electron chi connectivity index (χ3n) is 2.47. The van der Waals surface area contributed by atoms with Crippen LogP contribution in [-0.2, 0) is 4.79 Å². The molecule has 0 radical (unpaired) electrons. The van der Waals surface area contributed by atoms with Crippen molar-refractivity contribution in [2.24, 2.45) is 5.92 Å². The second-order valence-corrected chi connectivity index (χ2v) is 3.25. The highest BCUT2D eigenvalue weighted by molar-refractivity contribution is 5.71. The van der Waals surface area contributed by atoms with Gasteiger partial charge in [-0.1, -0.05) is 6.92 Å². The summed E-state index contributed by atoms with van der Waals surface area (Å²) in [4.78, 5) is 12.6. The van der Waals surface area contributed by atoms with E-state index in [0.717, 1.165) is 19.5 Å². The Labute approximate surface area is 67.0 Å². The number of aliphatic carboxylic acids is 1. The van der Waals surface area contributed by atoms with Crippen molar-refractivity contribution in [3.05, 3.63) is 0 Å². The minimum atomic E-state index is -0.649. The highest BCUT2D eigenvalue weighted by Crippen LogP contribution is 2.19. The van der Waals surface area contributed by atoms with Crippen molar-refractivity contribution in [3.63, 3.8) is 0 Å². The summed E-state index contributed by atoms with van der Waals surface area (Å²) in [5.41, 5.74) is 0. The van der Waals surface area contributed by atoms with Crippen LogP contribution in [0, 0.1) is 5.92 Å². The highest BCUT2D eigenvalue weighted by Gasteiger charge is 2.34. The minimum Gasteiger partial charge on any atom is -0.481 e. The molecule has 0 amide bonds. The number of carboxylic acid groups (broad SMARTS) is 1. The Balaban J connectivity index is 2.23. The summed E-state index contributed by atoms with van der Waals surface area (Å²) in [6.45, 7) is 5.74. The zero-order chi connectivity index (χ0) is 8.43. The first-order valence-electron chi connectivity index (χ1n) is 4.12. The van der Waals surface area contributed by atoms with E-state index in [4.69, 9.17) is 5.11 Å². The van der Waals surface area contributed by atoms with Gasteiger partial charge in [0.1, 0.15) is 0 Å². The first-order chi connectivity index (χ1) is 5.15. The van der Waals surface area contributed by atoms with Crippen LogP contribution in [0.15, 0.2) is 0 Å². The quantitative estimate of drug-likeness (QED) is 0.658. The largest absolute Gasteiger partial charge is 0.481 e. The molecule has 0 bridgehead atoms.